The van der Waals surface area contributed by atoms with Crippen LogP contribution < -0.4 is 0 Å². The van der Waals surface area contributed by atoms with Gasteiger partial charge in [0.2, 0.25) is 5.91 Å². The molecule has 1 aromatic rings. The molecule has 0 aromatic heterocycles. The molecule has 0 N–H and O–H groups in total. The van der Waals surface area contributed by atoms with Gasteiger partial charge in [-0.05, 0) is 65.1 Å². The Balaban J connectivity index is 2.14. The predicted octanol–water partition coefficient (Wildman–Crippen LogP) is 2.89. The zero-order valence-electron chi connectivity index (χ0n) is 10.3. The van der Waals surface area contributed by atoms with Crippen LogP contribution in [0.3, 0.4) is 0 Å². The maximum absolute atomic E-state index is 11.3. The van der Waals surface area contributed by atoms with Crippen LogP contribution in [0.5, 0.6) is 0 Å². The number of piperidine rings is 1. The van der Waals surface area contributed by atoms with Gasteiger partial charge in [-0.15, -0.1) is 0 Å². The van der Waals surface area contributed by atoms with Crippen molar-refractivity contribution >= 4 is 28.5 Å². The van der Waals surface area contributed by atoms with Crippen molar-refractivity contribution in [2.24, 2.45) is 0 Å². The summed E-state index contributed by atoms with van der Waals surface area (Å²) in [4.78, 5) is 13.2. The maximum atomic E-state index is 11.3. The van der Waals surface area contributed by atoms with Gasteiger partial charge in [-0.25, -0.2) is 0 Å². The summed E-state index contributed by atoms with van der Waals surface area (Å²) in [7, 11) is 0. The highest BCUT2D eigenvalue weighted by Gasteiger charge is 2.23. The number of benzene rings is 1. The van der Waals surface area contributed by atoms with Crippen molar-refractivity contribution < 1.29 is 4.79 Å². The zero-order chi connectivity index (χ0) is 13.1. The molecule has 0 unspecified atom stereocenters. The minimum Gasteiger partial charge on any atom is -0.343 e. The number of halogens is 1. The largest absolute Gasteiger partial charge is 0.343 e. The first-order valence-electron chi connectivity index (χ1n) is 6.07. The van der Waals surface area contributed by atoms with Crippen LogP contribution in [-0.4, -0.2) is 23.9 Å². The standard InChI is InChI=1S/C14H15IN2O/c1-10(18)17-6-4-12(5-7-17)13-8-11(9-16)2-3-14(13)15/h2-3,8,12H,4-7H2,1H3. The van der Waals surface area contributed by atoms with Crippen LogP contribution in [-0.2, 0) is 4.79 Å². The van der Waals surface area contributed by atoms with Gasteiger partial charge in [0.1, 0.15) is 0 Å². The summed E-state index contributed by atoms with van der Waals surface area (Å²) in [6, 6.07) is 8.05. The summed E-state index contributed by atoms with van der Waals surface area (Å²) < 4.78 is 1.22. The van der Waals surface area contributed by atoms with E-state index in [0.717, 1.165) is 31.5 Å². The average molecular weight is 354 g/mol. The lowest BCUT2D eigenvalue weighted by Crippen LogP contribution is -2.36. The summed E-state index contributed by atoms with van der Waals surface area (Å²) >= 11 is 2.32. The molecule has 1 aliphatic rings. The van der Waals surface area contributed by atoms with Gasteiger partial charge in [0.15, 0.2) is 0 Å². The minimum absolute atomic E-state index is 0.161. The van der Waals surface area contributed by atoms with Crippen LogP contribution in [0.25, 0.3) is 0 Å². The van der Waals surface area contributed by atoms with E-state index in [-0.39, 0.29) is 5.91 Å². The second-order valence-electron chi connectivity index (χ2n) is 4.63. The normalized spacial score (nSPS) is 16.4. The molecule has 2 rings (SSSR count). The van der Waals surface area contributed by atoms with Crippen LogP contribution in [0.1, 0.15) is 36.8 Å². The maximum Gasteiger partial charge on any atom is 0.219 e. The SMILES string of the molecule is CC(=O)N1CCC(c2cc(C#N)ccc2I)CC1. The lowest BCUT2D eigenvalue weighted by molar-refractivity contribution is -0.129. The molecule has 0 radical (unpaired) electrons. The predicted molar refractivity (Wildman–Crippen MR) is 78.1 cm³/mol. The van der Waals surface area contributed by atoms with Crippen molar-refractivity contribution in [2.45, 2.75) is 25.7 Å². The Hall–Kier alpha value is -1.09. The fourth-order valence-electron chi connectivity index (χ4n) is 2.43. The fraction of sp³-hybridized carbons (Fsp3) is 0.429. The van der Waals surface area contributed by atoms with Crippen molar-refractivity contribution in [3.05, 3.63) is 32.9 Å². The van der Waals surface area contributed by atoms with Crippen LogP contribution in [0.15, 0.2) is 18.2 Å². The Bertz CT molecular complexity index is 499. The van der Waals surface area contributed by atoms with Crippen molar-refractivity contribution in [1.82, 2.24) is 4.90 Å². The summed E-state index contributed by atoms with van der Waals surface area (Å²) in [5.74, 6) is 0.634. The number of rotatable bonds is 1. The van der Waals surface area contributed by atoms with Gasteiger partial charge in [0.25, 0.3) is 0 Å². The molecule has 0 bridgehead atoms. The quantitative estimate of drug-likeness (QED) is 0.728. The van der Waals surface area contributed by atoms with Gasteiger partial charge in [0.05, 0.1) is 11.6 Å². The Morgan fingerprint density at radius 1 is 1.44 bits per heavy atom. The van der Waals surface area contributed by atoms with Crippen LogP contribution in [0, 0.1) is 14.9 Å². The lowest BCUT2D eigenvalue weighted by atomic mass is 9.88. The topological polar surface area (TPSA) is 44.1 Å². The van der Waals surface area contributed by atoms with E-state index in [0.29, 0.717) is 5.92 Å². The van der Waals surface area contributed by atoms with Crippen molar-refractivity contribution in [3.63, 3.8) is 0 Å². The monoisotopic (exact) mass is 354 g/mol. The molecule has 1 aromatic carbocycles. The minimum atomic E-state index is 0.161. The van der Waals surface area contributed by atoms with Crippen molar-refractivity contribution in [3.8, 4) is 6.07 Å². The van der Waals surface area contributed by atoms with Crippen LogP contribution >= 0.6 is 22.6 Å². The van der Waals surface area contributed by atoms with Crippen LogP contribution in [0.2, 0.25) is 0 Å². The molecule has 94 valence electrons. The Labute approximate surface area is 121 Å². The van der Waals surface area contributed by atoms with E-state index < -0.39 is 0 Å². The molecular formula is C14H15IN2O. The van der Waals surface area contributed by atoms with Gasteiger partial charge >= 0.3 is 0 Å². The lowest BCUT2D eigenvalue weighted by Gasteiger charge is -2.32. The molecule has 0 spiro atoms. The number of nitriles is 1. The Morgan fingerprint density at radius 2 is 2.11 bits per heavy atom. The zero-order valence-corrected chi connectivity index (χ0v) is 12.5. The van der Waals surface area contributed by atoms with E-state index in [2.05, 4.69) is 28.7 Å². The number of hydrogen-bond donors (Lipinski definition) is 0. The summed E-state index contributed by atoms with van der Waals surface area (Å²) in [5.41, 5.74) is 1.98. The fourth-order valence-corrected chi connectivity index (χ4v) is 3.21. The smallest absolute Gasteiger partial charge is 0.219 e. The molecule has 3 nitrogen and oxygen atoms in total. The van der Waals surface area contributed by atoms with Gasteiger partial charge < -0.3 is 4.90 Å². The van der Waals surface area contributed by atoms with E-state index >= 15 is 0 Å². The van der Waals surface area contributed by atoms with Crippen LogP contribution in [0.4, 0.5) is 0 Å². The van der Waals surface area contributed by atoms with E-state index in [1.165, 1.54) is 9.13 Å². The summed E-state index contributed by atoms with van der Waals surface area (Å²) in [6.45, 7) is 3.28. The highest BCUT2D eigenvalue weighted by atomic mass is 127. The van der Waals surface area contributed by atoms with E-state index in [4.69, 9.17) is 5.26 Å². The molecule has 1 heterocycles. The third-order valence-corrected chi connectivity index (χ3v) is 4.49. The van der Waals surface area contributed by atoms with E-state index in [1.54, 1.807) is 6.92 Å². The third-order valence-electron chi connectivity index (χ3n) is 3.51. The van der Waals surface area contributed by atoms with Gasteiger partial charge in [-0.1, -0.05) is 0 Å². The van der Waals surface area contributed by atoms with Crippen molar-refractivity contribution in [2.75, 3.05) is 13.1 Å². The molecule has 18 heavy (non-hydrogen) atoms. The first-order chi connectivity index (χ1) is 8.61. The summed E-state index contributed by atoms with van der Waals surface area (Å²) in [5, 5.41) is 8.96. The molecule has 0 atom stereocenters. The third kappa shape index (κ3) is 2.83. The van der Waals surface area contributed by atoms with E-state index in [1.807, 2.05) is 23.1 Å². The molecule has 1 saturated heterocycles. The average Bonchev–Trinajstić information content (AvgIpc) is 2.39. The van der Waals surface area contributed by atoms with Gasteiger partial charge in [-0.3, -0.25) is 4.79 Å². The first-order valence-corrected chi connectivity index (χ1v) is 7.14. The molecule has 1 fully saturated rings. The molecular weight excluding hydrogens is 339 g/mol. The van der Waals surface area contributed by atoms with E-state index in [9.17, 15) is 4.79 Å². The molecule has 0 aliphatic carbocycles. The number of amides is 1. The summed E-state index contributed by atoms with van der Waals surface area (Å²) in [6.07, 6.45) is 1.98. The van der Waals surface area contributed by atoms with Gasteiger partial charge in [0, 0.05) is 23.6 Å². The molecule has 1 aliphatic heterocycles. The molecule has 0 saturated carbocycles. The highest BCUT2D eigenvalue weighted by molar-refractivity contribution is 14.1. The first kappa shape index (κ1) is 13.3. The number of nitrogens with zero attached hydrogens (tertiary/aromatic N) is 2. The second-order valence-corrected chi connectivity index (χ2v) is 5.79. The van der Waals surface area contributed by atoms with Gasteiger partial charge in [-0.2, -0.15) is 5.26 Å². The number of likely N-dealkylation sites (tertiary alicyclic amines) is 1. The molecule has 4 heteroatoms. The Morgan fingerprint density at radius 3 is 2.67 bits per heavy atom. The molecule has 1 amide bonds. The Kier molecular flexibility index (Phi) is 4.23. The number of hydrogen-bond acceptors (Lipinski definition) is 2. The van der Waals surface area contributed by atoms with Crippen molar-refractivity contribution in [1.29, 1.82) is 5.26 Å². The highest BCUT2D eigenvalue weighted by Crippen LogP contribution is 2.31. The second kappa shape index (κ2) is 5.70. The number of carbonyl (C=O) groups excluding carboxylic acids is 1. The number of carbonyl (C=O) groups is 1.